The first kappa shape index (κ1) is 24.7. The van der Waals surface area contributed by atoms with E-state index < -0.39 is 32.0 Å². The number of carbonyl (C=O) groups excluding carboxylic acids is 1. The maximum Gasteiger partial charge on any atom is 0.263 e. The van der Waals surface area contributed by atoms with Gasteiger partial charge in [0.25, 0.3) is 10.0 Å². The molecule has 2 aromatic carbocycles. The molecular formula is C21H24N4O5S3. The first-order chi connectivity index (χ1) is 15.4. The Labute approximate surface area is 197 Å². The van der Waals surface area contributed by atoms with Crippen LogP contribution in [0.4, 0.5) is 16.5 Å². The number of hydrogen-bond donors (Lipinski definition) is 2. The van der Waals surface area contributed by atoms with Crippen LogP contribution in [-0.2, 0) is 24.8 Å². The van der Waals surface area contributed by atoms with Crippen LogP contribution in [0.5, 0.6) is 0 Å². The van der Waals surface area contributed by atoms with E-state index in [1.54, 1.807) is 24.4 Å². The molecule has 0 fully saturated rings. The minimum absolute atomic E-state index is 0.00287. The largest absolute Gasteiger partial charge is 0.324 e. The van der Waals surface area contributed by atoms with Crippen molar-refractivity contribution in [2.45, 2.75) is 31.7 Å². The Bertz CT molecular complexity index is 1350. The predicted octanol–water partition coefficient (Wildman–Crippen LogP) is 3.35. The third-order valence-corrected chi connectivity index (χ3v) is 8.18. The van der Waals surface area contributed by atoms with E-state index in [-0.39, 0.29) is 10.0 Å². The lowest BCUT2D eigenvalue weighted by atomic mass is 10.1. The van der Waals surface area contributed by atoms with Crippen LogP contribution in [0.25, 0.3) is 0 Å². The van der Waals surface area contributed by atoms with E-state index in [2.05, 4.69) is 15.0 Å². The molecule has 3 aromatic rings. The van der Waals surface area contributed by atoms with Crippen LogP contribution < -0.4 is 14.3 Å². The van der Waals surface area contributed by atoms with Crippen molar-refractivity contribution in [3.8, 4) is 0 Å². The summed E-state index contributed by atoms with van der Waals surface area (Å²) in [6.07, 6.45) is 2.54. The van der Waals surface area contributed by atoms with Crippen molar-refractivity contribution in [1.29, 1.82) is 0 Å². The number of carbonyl (C=O) groups is 1. The number of nitrogens with one attached hydrogen (secondary N) is 2. The van der Waals surface area contributed by atoms with Gasteiger partial charge in [-0.05, 0) is 62.2 Å². The zero-order valence-electron chi connectivity index (χ0n) is 18.4. The highest BCUT2D eigenvalue weighted by Gasteiger charge is 2.30. The molecule has 0 saturated heterocycles. The maximum absolute atomic E-state index is 12.9. The smallest absolute Gasteiger partial charge is 0.263 e. The summed E-state index contributed by atoms with van der Waals surface area (Å²) in [7, 11) is -7.59. The summed E-state index contributed by atoms with van der Waals surface area (Å²) in [5, 5.41) is 4.54. The zero-order chi connectivity index (χ0) is 24.4. The fourth-order valence-corrected chi connectivity index (χ4v) is 6.16. The van der Waals surface area contributed by atoms with Gasteiger partial charge in [0.15, 0.2) is 5.13 Å². The van der Waals surface area contributed by atoms with Gasteiger partial charge in [-0.1, -0.05) is 12.1 Å². The van der Waals surface area contributed by atoms with Crippen molar-refractivity contribution in [2.75, 3.05) is 20.6 Å². The highest BCUT2D eigenvalue weighted by Crippen LogP contribution is 2.27. The Morgan fingerprint density at radius 1 is 1.06 bits per heavy atom. The van der Waals surface area contributed by atoms with Gasteiger partial charge < -0.3 is 5.32 Å². The summed E-state index contributed by atoms with van der Waals surface area (Å²) in [5.74, 6) is -0.558. The Hall–Kier alpha value is -2.96. The first-order valence-electron chi connectivity index (χ1n) is 9.78. The minimum Gasteiger partial charge on any atom is -0.324 e. The Morgan fingerprint density at radius 2 is 1.73 bits per heavy atom. The highest BCUT2D eigenvalue weighted by molar-refractivity contribution is 7.93. The molecule has 0 aliphatic rings. The molecule has 1 heterocycles. The van der Waals surface area contributed by atoms with E-state index in [1.807, 2.05) is 13.0 Å². The van der Waals surface area contributed by atoms with Gasteiger partial charge in [0, 0.05) is 17.3 Å². The van der Waals surface area contributed by atoms with E-state index >= 15 is 0 Å². The molecule has 0 bridgehead atoms. The molecule has 0 radical (unpaired) electrons. The van der Waals surface area contributed by atoms with Gasteiger partial charge >= 0.3 is 0 Å². The van der Waals surface area contributed by atoms with Crippen molar-refractivity contribution >= 4 is 53.8 Å². The van der Waals surface area contributed by atoms with Crippen LogP contribution in [0.15, 0.2) is 58.9 Å². The highest BCUT2D eigenvalue weighted by atomic mass is 32.2. The van der Waals surface area contributed by atoms with Gasteiger partial charge in [-0.15, -0.1) is 11.3 Å². The SMILES string of the molecule is Cc1ccc(C)c(N(C(C)C(=O)Nc2ccc(S(=O)(=O)Nc3nccs3)cc2)S(C)(=O)=O)c1. The number of sulfonamides is 2. The van der Waals surface area contributed by atoms with Crippen molar-refractivity contribution in [2.24, 2.45) is 0 Å². The molecule has 0 saturated carbocycles. The number of hydrogen-bond acceptors (Lipinski definition) is 7. The quantitative estimate of drug-likeness (QED) is 0.481. The molecule has 2 N–H and O–H groups in total. The van der Waals surface area contributed by atoms with Crippen LogP contribution in [0, 0.1) is 13.8 Å². The zero-order valence-corrected chi connectivity index (χ0v) is 20.9. The normalized spacial score (nSPS) is 12.7. The standard InChI is InChI=1S/C21H24N4O5S3/c1-14-5-6-15(2)19(13-14)25(32(4,27)28)16(3)20(26)23-17-7-9-18(10-8-17)33(29,30)24-21-22-11-12-31-21/h5-13,16H,1-4H3,(H,22,24)(H,23,26). The fourth-order valence-electron chi connectivity index (χ4n) is 3.15. The van der Waals surface area contributed by atoms with Crippen LogP contribution in [0.2, 0.25) is 0 Å². The summed E-state index contributed by atoms with van der Waals surface area (Å²) in [6, 6.07) is 9.89. The van der Waals surface area contributed by atoms with E-state index in [4.69, 9.17) is 0 Å². The molecule has 12 heteroatoms. The number of anilines is 3. The van der Waals surface area contributed by atoms with Gasteiger partial charge in [-0.2, -0.15) is 0 Å². The van der Waals surface area contributed by atoms with Crippen LogP contribution >= 0.6 is 11.3 Å². The summed E-state index contributed by atoms with van der Waals surface area (Å²) < 4.78 is 53.5. The third kappa shape index (κ3) is 5.89. The molecule has 1 aromatic heterocycles. The second-order valence-corrected chi connectivity index (χ2v) is 11.9. The molecule has 0 spiro atoms. The van der Waals surface area contributed by atoms with Crippen molar-refractivity contribution in [3.63, 3.8) is 0 Å². The Kier molecular flexibility index (Phi) is 7.10. The average molecular weight is 509 g/mol. The topological polar surface area (TPSA) is 126 Å². The lowest BCUT2D eigenvalue weighted by Crippen LogP contribution is -2.45. The predicted molar refractivity (Wildman–Crippen MR) is 131 cm³/mol. The molecule has 9 nitrogen and oxygen atoms in total. The molecule has 1 unspecified atom stereocenters. The van der Waals surface area contributed by atoms with Gasteiger partial charge in [-0.25, -0.2) is 21.8 Å². The Balaban J connectivity index is 1.80. The maximum atomic E-state index is 12.9. The summed E-state index contributed by atoms with van der Waals surface area (Å²) in [5.41, 5.74) is 2.33. The molecule has 0 aliphatic heterocycles. The number of thiazole rings is 1. The van der Waals surface area contributed by atoms with E-state index in [1.165, 1.54) is 37.4 Å². The van der Waals surface area contributed by atoms with Crippen LogP contribution in [0.1, 0.15) is 18.1 Å². The number of amides is 1. The monoisotopic (exact) mass is 508 g/mol. The summed E-state index contributed by atoms with van der Waals surface area (Å²) in [4.78, 5) is 16.8. The van der Waals surface area contributed by atoms with Gasteiger partial charge in [0.1, 0.15) is 6.04 Å². The van der Waals surface area contributed by atoms with E-state index in [9.17, 15) is 21.6 Å². The second-order valence-electron chi connectivity index (χ2n) is 7.48. The molecule has 1 amide bonds. The second kappa shape index (κ2) is 9.49. The summed E-state index contributed by atoms with van der Waals surface area (Å²) >= 11 is 1.15. The number of rotatable bonds is 8. The average Bonchev–Trinajstić information content (AvgIpc) is 3.22. The minimum atomic E-state index is -3.82. The van der Waals surface area contributed by atoms with Gasteiger partial charge in [0.05, 0.1) is 16.8 Å². The van der Waals surface area contributed by atoms with Crippen molar-refractivity contribution in [1.82, 2.24) is 4.98 Å². The fraction of sp³-hybridized carbons (Fsp3) is 0.238. The van der Waals surface area contributed by atoms with E-state index in [0.717, 1.165) is 27.5 Å². The molecule has 3 rings (SSSR count). The number of benzene rings is 2. The third-order valence-electron chi connectivity index (χ3n) is 4.78. The molecule has 33 heavy (non-hydrogen) atoms. The van der Waals surface area contributed by atoms with Crippen molar-refractivity contribution < 1.29 is 21.6 Å². The molecule has 0 aliphatic carbocycles. The summed E-state index contributed by atoms with van der Waals surface area (Å²) in [6.45, 7) is 5.11. The number of aromatic nitrogens is 1. The lowest BCUT2D eigenvalue weighted by molar-refractivity contribution is -0.116. The Morgan fingerprint density at radius 3 is 2.30 bits per heavy atom. The van der Waals surface area contributed by atoms with Gasteiger partial charge in [0.2, 0.25) is 15.9 Å². The van der Waals surface area contributed by atoms with Gasteiger partial charge in [-0.3, -0.25) is 13.8 Å². The first-order valence-corrected chi connectivity index (χ1v) is 14.0. The molecule has 176 valence electrons. The number of nitrogens with zero attached hydrogens (tertiary/aromatic N) is 2. The molecule has 1 atom stereocenters. The lowest BCUT2D eigenvalue weighted by Gasteiger charge is -2.29. The van der Waals surface area contributed by atoms with E-state index in [0.29, 0.717) is 16.9 Å². The number of aryl methyl sites for hydroxylation is 2. The van der Waals surface area contributed by atoms with Crippen molar-refractivity contribution in [3.05, 3.63) is 65.2 Å². The molecular weight excluding hydrogens is 484 g/mol. The van der Waals surface area contributed by atoms with Crippen LogP contribution in [0.3, 0.4) is 0 Å². The van der Waals surface area contributed by atoms with Crippen LogP contribution in [-0.4, -0.2) is 40.0 Å².